The normalized spacial score (nSPS) is 22.0. The van der Waals surface area contributed by atoms with E-state index >= 15 is 0 Å². The fraction of sp³-hybridized carbons (Fsp3) is 0.625. The fourth-order valence-corrected chi connectivity index (χ4v) is 3.08. The monoisotopic (exact) mass is 292 g/mol. The number of carboxylic acids is 1. The molecule has 1 amide bonds. The SMILES string of the molecule is CCC1CCC(CNC(=O)c2cccn2CC(=O)O)CC1. The van der Waals surface area contributed by atoms with Crippen LogP contribution in [0.25, 0.3) is 0 Å². The van der Waals surface area contributed by atoms with Gasteiger partial charge in [0.2, 0.25) is 0 Å². The van der Waals surface area contributed by atoms with Gasteiger partial charge in [-0.2, -0.15) is 0 Å². The number of carbonyl (C=O) groups is 2. The molecule has 2 rings (SSSR count). The molecule has 5 heteroatoms. The Bertz CT molecular complexity index is 487. The average Bonchev–Trinajstić information content (AvgIpc) is 2.92. The highest BCUT2D eigenvalue weighted by Gasteiger charge is 2.21. The maximum atomic E-state index is 12.1. The Balaban J connectivity index is 1.82. The molecule has 1 saturated carbocycles. The van der Waals surface area contributed by atoms with Gasteiger partial charge in [-0.3, -0.25) is 9.59 Å². The minimum Gasteiger partial charge on any atom is -0.480 e. The van der Waals surface area contributed by atoms with E-state index in [1.807, 2.05) is 0 Å². The van der Waals surface area contributed by atoms with Crippen molar-refractivity contribution in [2.45, 2.75) is 45.6 Å². The predicted octanol–water partition coefficient (Wildman–Crippen LogP) is 2.52. The topological polar surface area (TPSA) is 71.3 Å². The van der Waals surface area contributed by atoms with Crippen LogP contribution in [0.3, 0.4) is 0 Å². The first-order chi connectivity index (χ1) is 10.1. The number of nitrogens with one attached hydrogen (secondary N) is 1. The molecule has 0 unspecified atom stereocenters. The maximum absolute atomic E-state index is 12.1. The predicted molar refractivity (Wildman–Crippen MR) is 80.1 cm³/mol. The average molecular weight is 292 g/mol. The highest BCUT2D eigenvalue weighted by Crippen LogP contribution is 2.30. The van der Waals surface area contributed by atoms with Crippen LogP contribution in [-0.4, -0.2) is 28.1 Å². The summed E-state index contributed by atoms with van der Waals surface area (Å²) < 4.78 is 1.46. The third kappa shape index (κ3) is 4.34. The first-order valence-electron chi connectivity index (χ1n) is 7.75. The smallest absolute Gasteiger partial charge is 0.323 e. The number of carboxylic acid groups (broad SMARTS) is 1. The van der Waals surface area contributed by atoms with E-state index in [1.165, 1.54) is 36.7 Å². The highest BCUT2D eigenvalue weighted by atomic mass is 16.4. The van der Waals surface area contributed by atoms with E-state index < -0.39 is 5.97 Å². The molecule has 0 atom stereocenters. The molecule has 0 radical (unpaired) electrons. The third-order valence-electron chi connectivity index (χ3n) is 4.46. The van der Waals surface area contributed by atoms with Crippen LogP contribution in [0.1, 0.15) is 49.5 Å². The van der Waals surface area contributed by atoms with Gasteiger partial charge in [0.15, 0.2) is 0 Å². The number of hydrogen-bond acceptors (Lipinski definition) is 2. The van der Waals surface area contributed by atoms with Crippen LogP contribution in [0.4, 0.5) is 0 Å². The summed E-state index contributed by atoms with van der Waals surface area (Å²) in [7, 11) is 0. The van der Waals surface area contributed by atoms with Gasteiger partial charge < -0.3 is 15.0 Å². The summed E-state index contributed by atoms with van der Waals surface area (Å²) in [5, 5.41) is 11.8. The van der Waals surface area contributed by atoms with Crippen LogP contribution in [0, 0.1) is 11.8 Å². The molecular weight excluding hydrogens is 268 g/mol. The molecular formula is C16H24N2O3. The van der Waals surface area contributed by atoms with Crippen molar-refractivity contribution in [1.82, 2.24) is 9.88 Å². The molecule has 1 fully saturated rings. The lowest BCUT2D eigenvalue weighted by atomic mass is 9.81. The van der Waals surface area contributed by atoms with E-state index in [0.717, 1.165) is 5.92 Å². The lowest BCUT2D eigenvalue weighted by molar-refractivity contribution is -0.137. The molecule has 0 aromatic carbocycles. The lowest BCUT2D eigenvalue weighted by Crippen LogP contribution is -2.32. The van der Waals surface area contributed by atoms with Crippen molar-refractivity contribution < 1.29 is 14.7 Å². The Morgan fingerprint density at radius 1 is 1.29 bits per heavy atom. The Morgan fingerprint density at radius 3 is 2.57 bits per heavy atom. The Morgan fingerprint density at radius 2 is 1.95 bits per heavy atom. The first kappa shape index (κ1) is 15.6. The molecule has 1 aromatic heterocycles. The third-order valence-corrected chi connectivity index (χ3v) is 4.46. The van der Waals surface area contributed by atoms with Crippen molar-refractivity contribution in [2.24, 2.45) is 11.8 Å². The summed E-state index contributed by atoms with van der Waals surface area (Å²) in [5.74, 6) is 0.279. The van der Waals surface area contributed by atoms with Crippen LogP contribution < -0.4 is 5.32 Å². The molecule has 1 heterocycles. The van der Waals surface area contributed by atoms with Crippen molar-refractivity contribution >= 4 is 11.9 Å². The number of nitrogens with zero attached hydrogens (tertiary/aromatic N) is 1. The molecule has 21 heavy (non-hydrogen) atoms. The zero-order valence-electron chi connectivity index (χ0n) is 12.5. The lowest BCUT2D eigenvalue weighted by Gasteiger charge is -2.27. The Kier molecular flexibility index (Phi) is 5.42. The van der Waals surface area contributed by atoms with Gasteiger partial charge in [-0.05, 0) is 36.8 Å². The maximum Gasteiger partial charge on any atom is 0.323 e. The summed E-state index contributed by atoms with van der Waals surface area (Å²) in [6.07, 6.45) is 7.74. The van der Waals surface area contributed by atoms with Crippen LogP contribution in [0.15, 0.2) is 18.3 Å². The van der Waals surface area contributed by atoms with Crippen LogP contribution >= 0.6 is 0 Å². The Hall–Kier alpha value is -1.78. The largest absolute Gasteiger partial charge is 0.480 e. The quantitative estimate of drug-likeness (QED) is 0.846. The zero-order valence-corrected chi connectivity index (χ0v) is 12.5. The van der Waals surface area contributed by atoms with E-state index in [1.54, 1.807) is 18.3 Å². The summed E-state index contributed by atoms with van der Waals surface area (Å²) >= 11 is 0. The van der Waals surface area contributed by atoms with Crippen LogP contribution in [0.5, 0.6) is 0 Å². The number of amides is 1. The summed E-state index contributed by atoms with van der Waals surface area (Å²) in [5.41, 5.74) is 0.416. The fourth-order valence-electron chi connectivity index (χ4n) is 3.08. The second-order valence-corrected chi connectivity index (χ2v) is 5.92. The van der Waals surface area contributed by atoms with Crippen molar-refractivity contribution in [3.63, 3.8) is 0 Å². The minimum atomic E-state index is -0.946. The molecule has 5 nitrogen and oxygen atoms in total. The molecule has 0 spiro atoms. The molecule has 1 aliphatic rings. The molecule has 0 aliphatic heterocycles. The number of carbonyl (C=O) groups excluding carboxylic acids is 1. The number of hydrogen-bond donors (Lipinski definition) is 2. The minimum absolute atomic E-state index is 0.182. The second kappa shape index (κ2) is 7.29. The van der Waals surface area contributed by atoms with E-state index in [0.29, 0.717) is 18.2 Å². The number of aromatic nitrogens is 1. The van der Waals surface area contributed by atoms with Gasteiger partial charge in [-0.1, -0.05) is 26.2 Å². The van der Waals surface area contributed by atoms with E-state index in [-0.39, 0.29) is 12.5 Å². The molecule has 1 aromatic rings. The standard InChI is InChI=1S/C16H24N2O3/c1-2-12-5-7-13(8-6-12)10-17-16(21)14-4-3-9-18(14)11-15(19)20/h3-4,9,12-13H,2,5-8,10-11H2,1H3,(H,17,21)(H,19,20). The van der Waals surface area contributed by atoms with Gasteiger partial charge in [0.1, 0.15) is 12.2 Å². The molecule has 2 N–H and O–H groups in total. The van der Waals surface area contributed by atoms with Gasteiger partial charge in [0, 0.05) is 12.7 Å². The van der Waals surface area contributed by atoms with Gasteiger partial charge in [0.05, 0.1) is 0 Å². The van der Waals surface area contributed by atoms with Crippen molar-refractivity contribution in [2.75, 3.05) is 6.54 Å². The van der Waals surface area contributed by atoms with Crippen LogP contribution in [0.2, 0.25) is 0 Å². The molecule has 1 aliphatic carbocycles. The summed E-state index contributed by atoms with van der Waals surface area (Å²) in [6.45, 7) is 2.74. The number of aliphatic carboxylic acids is 1. The molecule has 0 saturated heterocycles. The zero-order chi connectivity index (χ0) is 15.2. The second-order valence-electron chi connectivity index (χ2n) is 5.92. The van der Waals surface area contributed by atoms with E-state index in [4.69, 9.17) is 5.11 Å². The van der Waals surface area contributed by atoms with E-state index in [9.17, 15) is 9.59 Å². The summed E-state index contributed by atoms with van der Waals surface area (Å²) in [4.78, 5) is 22.9. The van der Waals surface area contributed by atoms with Crippen LogP contribution in [-0.2, 0) is 11.3 Å². The molecule has 0 bridgehead atoms. The molecule has 116 valence electrons. The van der Waals surface area contributed by atoms with Crippen molar-refractivity contribution in [1.29, 1.82) is 0 Å². The van der Waals surface area contributed by atoms with Gasteiger partial charge >= 0.3 is 5.97 Å². The van der Waals surface area contributed by atoms with E-state index in [2.05, 4.69) is 12.2 Å². The summed E-state index contributed by atoms with van der Waals surface area (Å²) in [6, 6.07) is 3.36. The van der Waals surface area contributed by atoms with Crippen molar-refractivity contribution in [3.05, 3.63) is 24.0 Å². The van der Waals surface area contributed by atoms with Gasteiger partial charge in [0.25, 0.3) is 5.91 Å². The van der Waals surface area contributed by atoms with Gasteiger partial charge in [-0.25, -0.2) is 0 Å². The highest BCUT2D eigenvalue weighted by molar-refractivity contribution is 5.93. The Labute approximate surface area is 125 Å². The first-order valence-corrected chi connectivity index (χ1v) is 7.75. The van der Waals surface area contributed by atoms with Gasteiger partial charge in [-0.15, -0.1) is 0 Å². The number of rotatable bonds is 6. The van der Waals surface area contributed by atoms with Crippen molar-refractivity contribution in [3.8, 4) is 0 Å².